The molecule has 0 amide bonds. The van der Waals surface area contributed by atoms with Crippen molar-refractivity contribution >= 4 is 28.4 Å². The van der Waals surface area contributed by atoms with Crippen molar-refractivity contribution in [3.05, 3.63) is 15.0 Å². The molecule has 0 spiro atoms. The fourth-order valence-electron chi connectivity index (χ4n) is 1.81. The fourth-order valence-corrected chi connectivity index (χ4v) is 2.53. The van der Waals surface area contributed by atoms with Crippen LogP contribution >= 0.6 is 22.6 Å². The van der Waals surface area contributed by atoms with E-state index in [0.717, 1.165) is 28.7 Å². The van der Waals surface area contributed by atoms with E-state index in [4.69, 9.17) is 0 Å². The summed E-state index contributed by atoms with van der Waals surface area (Å²) >= 11 is 2.24. The average molecular weight is 290 g/mol. The average Bonchev–Trinajstić information content (AvgIpc) is 2.47. The van der Waals surface area contributed by atoms with Crippen molar-refractivity contribution in [3.8, 4) is 0 Å². The van der Waals surface area contributed by atoms with E-state index in [1.807, 2.05) is 0 Å². The number of aromatic amines is 1. The van der Waals surface area contributed by atoms with Crippen LogP contribution in [0, 0.1) is 9.62 Å². The molecule has 1 aromatic heterocycles. The highest BCUT2D eigenvalue weighted by atomic mass is 127. The first-order chi connectivity index (χ1) is 6.18. The molecule has 1 aliphatic carbocycles. The van der Waals surface area contributed by atoms with E-state index in [1.165, 1.54) is 5.56 Å². The van der Waals surface area contributed by atoms with Crippen molar-refractivity contribution in [2.45, 2.75) is 26.2 Å². The molecule has 0 radical (unpaired) electrons. The Bertz CT molecular complexity index is 345. The lowest BCUT2D eigenvalue weighted by atomic mass is 9.86. The third kappa shape index (κ3) is 1.63. The quantitative estimate of drug-likeness (QED) is 0.800. The van der Waals surface area contributed by atoms with Crippen molar-refractivity contribution in [1.29, 1.82) is 0 Å². The predicted molar refractivity (Wildman–Crippen MR) is 57.5 cm³/mol. The first kappa shape index (κ1) is 9.18. The van der Waals surface area contributed by atoms with E-state index < -0.39 is 0 Å². The van der Waals surface area contributed by atoms with Crippen LogP contribution in [0.2, 0.25) is 0 Å². The van der Waals surface area contributed by atoms with Crippen LogP contribution in [-0.2, 0) is 17.6 Å². The van der Waals surface area contributed by atoms with Crippen LogP contribution in [0.15, 0.2) is 0 Å². The summed E-state index contributed by atoms with van der Waals surface area (Å²) in [6.45, 7) is 1.68. The molecule has 0 saturated carbocycles. The number of ketones is 1. The van der Waals surface area contributed by atoms with Crippen LogP contribution < -0.4 is 0 Å². The molecule has 4 heteroatoms. The van der Waals surface area contributed by atoms with Gasteiger partial charge in [0.15, 0.2) is 0 Å². The number of nitrogens with zero attached hydrogens (tertiary/aromatic N) is 1. The Labute approximate surface area is 90.4 Å². The lowest BCUT2D eigenvalue weighted by molar-refractivity contribution is -0.121. The Balaban J connectivity index is 2.25. The fraction of sp³-hybridized carbons (Fsp3) is 0.556. The van der Waals surface area contributed by atoms with Gasteiger partial charge in [-0.3, -0.25) is 9.89 Å². The molecule has 0 unspecified atom stereocenters. The zero-order chi connectivity index (χ0) is 9.42. The number of rotatable bonds is 1. The maximum absolute atomic E-state index is 11.2. The molecule has 0 saturated heterocycles. The van der Waals surface area contributed by atoms with Crippen molar-refractivity contribution < 1.29 is 4.79 Å². The topological polar surface area (TPSA) is 45.8 Å². The van der Waals surface area contributed by atoms with Gasteiger partial charge in [-0.1, -0.05) is 0 Å². The summed E-state index contributed by atoms with van der Waals surface area (Å²) in [6, 6.07) is 0. The Morgan fingerprint density at radius 3 is 3.15 bits per heavy atom. The summed E-state index contributed by atoms with van der Waals surface area (Å²) in [5.74, 6) is 0.513. The van der Waals surface area contributed by atoms with Gasteiger partial charge in [0.1, 0.15) is 9.48 Å². The number of Topliss-reactive ketones (excluding diaryl/α,β-unsaturated/α-hetero) is 1. The molecular weight excluding hydrogens is 279 g/mol. The highest BCUT2D eigenvalue weighted by molar-refractivity contribution is 14.1. The minimum atomic E-state index is 0.212. The maximum atomic E-state index is 11.2. The van der Waals surface area contributed by atoms with Crippen LogP contribution in [0.4, 0.5) is 0 Å². The van der Waals surface area contributed by atoms with Crippen LogP contribution in [-0.4, -0.2) is 16.0 Å². The molecule has 3 nitrogen and oxygen atoms in total. The number of fused-ring (bicyclic) bond motifs is 1. The normalized spacial score (nSPS) is 21.2. The van der Waals surface area contributed by atoms with Gasteiger partial charge in [0.25, 0.3) is 0 Å². The van der Waals surface area contributed by atoms with E-state index >= 15 is 0 Å². The zero-order valence-electron chi connectivity index (χ0n) is 7.43. The van der Waals surface area contributed by atoms with Crippen LogP contribution in [0.1, 0.15) is 24.6 Å². The van der Waals surface area contributed by atoms with Gasteiger partial charge < -0.3 is 0 Å². The number of hydrogen-bond acceptors (Lipinski definition) is 2. The van der Waals surface area contributed by atoms with Crippen LogP contribution in [0.25, 0.3) is 0 Å². The molecule has 1 aromatic rings. The van der Waals surface area contributed by atoms with Crippen molar-refractivity contribution in [2.24, 2.45) is 5.92 Å². The number of carbonyl (C=O) groups is 1. The Kier molecular flexibility index (Phi) is 2.40. The Hall–Kier alpha value is -0.390. The maximum Gasteiger partial charge on any atom is 0.133 e. The van der Waals surface area contributed by atoms with Gasteiger partial charge in [-0.2, -0.15) is 5.10 Å². The molecule has 0 fully saturated rings. The van der Waals surface area contributed by atoms with Crippen molar-refractivity contribution in [3.63, 3.8) is 0 Å². The van der Waals surface area contributed by atoms with Crippen molar-refractivity contribution in [1.82, 2.24) is 10.2 Å². The number of carbonyl (C=O) groups excluding carboxylic acids is 1. The molecule has 0 aromatic carbocycles. The van der Waals surface area contributed by atoms with Gasteiger partial charge in [-0.15, -0.1) is 0 Å². The van der Waals surface area contributed by atoms with E-state index in [9.17, 15) is 4.79 Å². The molecule has 1 N–H and O–H groups in total. The van der Waals surface area contributed by atoms with Crippen LogP contribution in [0.3, 0.4) is 0 Å². The van der Waals surface area contributed by atoms with Gasteiger partial charge in [0.05, 0.1) is 0 Å². The summed E-state index contributed by atoms with van der Waals surface area (Å²) in [4.78, 5) is 11.2. The molecule has 2 rings (SSSR count). The van der Waals surface area contributed by atoms with Gasteiger partial charge in [-0.25, -0.2) is 0 Å². The predicted octanol–water partition coefficient (Wildman–Crippen LogP) is 1.71. The SMILES string of the molecule is CC(=O)[C@H]1CCc2c(I)n[nH]c2C1. The van der Waals surface area contributed by atoms with E-state index in [2.05, 4.69) is 32.8 Å². The smallest absolute Gasteiger partial charge is 0.133 e. The molecule has 0 bridgehead atoms. The highest BCUT2D eigenvalue weighted by Gasteiger charge is 2.24. The largest absolute Gasteiger partial charge is 0.300 e. The Morgan fingerprint density at radius 1 is 1.69 bits per heavy atom. The lowest BCUT2D eigenvalue weighted by Crippen LogP contribution is -2.20. The first-order valence-corrected chi connectivity index (χ1v) is 5.48. The molecule has 70 valence electrons. The third-order valence-electron chi connectivity index (χ3n) is 2.67. The Morgan fingerprint density at radius 2 is 2.46 bits per heavy atom. The van der Waals surface area contributed by atoms with Gasteiger partial charge >= 0.3 is 0 Å². The molecule has 1 aliphatic rings. The second-order valence-electron chi connectivity index (χ2n) is 3.52. The molecule has 1 heterocycles. The van der Waals surface area contributed by atoms with Gasteiger partial charge in [-0.05, 0) is 48.8 Å². The number of H-pyrrole nitrogens is 1. The van der Waals surface area contributed by atoms with E-state index in [1.54, 1.807) is 6.92 Å². The number of halogens is 1. The van der Waals surface area contributed by atoms with E-state index in [0.29, 0.717) is 5.78 Å². The van der Waals surface area contributed by atoms with E-state index in [-0.39, 0.29) is 5.92 Å². The summed E-state index contributed by atoms with van der Waals surface area (Å²) < 4.78 is 1.06. The molecule has 0 aliphatic heterocycles. The van der Waals surface area contributed by atoms with Crippen molar-refractivity contribution in [2.75, 3.05) is 0 Å². The van der Waals surface area contributed by atoms with Gasteiger partial charge in [0.2, 0.25) is 0 Å². The standard InChI is InChI=1S/C9H11IN2O/c1-5(13)6-2-3-7-8(4-6)11-12-9(7)10/h6H,2-4H2,1H3,(H,11,12)/t6-/m0/s1. The second-order valence-corrected chi connectivity index (χ2v) is 4.54. The molecule has 1 atom stereocenters. The highest BCUT2D eigenvalue weighted by Crippen LogP contribution is 2.27. The monoisotopic (exact) mass is 290 g/mol. The zero-order valence-corrected chi connectivity index (χ0v) is 9.59. The summed E-state index contributed by atoms with van der Waals surface area (Å²) in [5.41, 5.74) is 2.48. The molecule has 13 heavy (non-hydrogen) atoms. The second kappa shape index (κ2) is 3.40. The summed E-state index contributed by atoms with van der Waals surface area (Å²) in [6.07, 6.45) is 2.83. The van der Waals surface area contributed by atoms with Crippen LogP contribution in [0.5, 0.6) is 0 Å². The number of hydrogen-bond donors (Lipinski definition) is 1. The third-order valence-corrected chi connectivity index (χ3v) is 3.56. The minimum absolute atomic E-state index is 0.212. The van der Waals surface area contributed by atoms with Gasteiger partial charge in [0, 0.05) is 17.2 Å². The summed E-state index contributed by atoms with van der Waals surface area (Å²) in [5, 5.41) is 7.14. The first-order valence-electron chi connectivity index (χ1n) is 4.40. The molecular formula is C9H11IN2O. The number of nitrogens with one attached hydrogen (secondary N) is 1. The number of aromatic nitrogens is 2. The minimum Gasteiger partial charge on any atom is -0.300 e. The lowest BCUT2D eigenvalue weighted by Gasteiger charge is -2.18. The summed E-state index contributed by atoms with van der Waals surface area (Å²) in [7, 11) is 0.